The van der Waals surface area contributed by atoms with E-state index in [-0.39, 0.29) is 40.7 Å². The van der Waals surface area contributed by atoms with Crippen molar-refractivity contribution in [1.82, 2.24) is 0 Å². The lowest BCUT2D eigenvalue weighted by Gasteiger charge is -2.25. The molecule has 1 heterocycles. The molecule has 4 rings (SSSR count). The molecule has 154 valence electrons. The molecule has 0 bridgehead atoms. The fraction of sp³-hybridized carbons (Fsp3) is 0.318. The number of imide groups is 1. The van der Waals surface area contributed by atoms with Crippen LogP contribution in [0.4, 0.5) is 11.4 Å². The van der Waals surface area contributed by atoms with Gasteiger partial charge in [-0.2, -0.15) is 0 Å². The zero-order valence-corrected chi connectivity index (χ0v) is 16.3. The largest absolute Gasteiger partial charge is 0.423 e. The molecule has 0 unspecified atom stereocenters. The first-order chi connectivity index (χ1) is 14.3. The minimum atomic E-state index is -0.684. The molecule has 0 spiro atoms. The van der Waals surface area contributed by atoms with E-state index in [0.717, 1.165) is 6.42 Å². The van der Waals surface area contributed by atoms with Crippen LogP contribution in [0.25, 0.3) is 0 Å². The molecule has 2 aliphatic rings. The van der Waals surface area contributed by atoms with Gasteiger partial charge in [0.15, 0.2) is 0 Å². The van der Waals surface area contributed by atoms with E-state index < -0.39 is 10.9 Å². The number of carbonyl (C=O) groups excluding carboxylic acids is 3. The van der Waals surface area contributed by atoms with E-state index in [1.807, 2.05) is 0 Å². The van der Waals surface area contributed by atoms with Crippen molar-refractivity contribution in [2.75, 3.05) is 4.90 Å². The Hall–Kier alpha value is -3.55. The molecule has 8 heteroatoms. The molecule has 0 radical (unpaired) electrons. The maximum atomic E-state index is 12.9. The van der Waals surface area contributed by atoms with Crippen molar-refractivity contribution in [1.29, 1.82) is 0 Å². The molecule has 3 atom stereocenters. The van der Waals surface area contributed by atoms with Crippen LogP contribution < -0.4 is 9.64 Å². The van der Waals surface area contributed by atoms with E-state index in [4.69, 9.17) is 4.74 Å². The molecule has 0 N–H and O–H groups in total. The number of nitro groups is 1. The number of esters is 1. The van der Waals surface area contributed by atoms with E-state index in [9.17, 15) is 24.5 Å². The second-order valence-corrected chi connectivity index (χ2v) is 7.83. The summed E-state index contributed by atoms with van der Waals surface area (Å²) >= 11 is 0. The van der Waals surface area contributed by atoms with Crippen LogP contribution in [0, 0.1) is 27.9 Å². The molecule has 1 saturated heterocycles. The van der Waals surface area contributed by atoms with Gasteiger partial charge in [0.2, 0.25) is 11.8 Å². The Labute approximate surface area is 172 Å². The number of carbonyl (C=O) groups is 3. The number of amides is 2. The Morgan fingerprint density at radius 3 is 2.47 bits per heavy atom. The second kappa shape index (κ2) is 7.70. The standard InChI is InChI=1S/C22H20N2O6/c1-13-5-10-18-19(11-13)21(26)23(20(18)25)16-4-2-3-14(12-16)22(27)30-17-8-6-15(7-9-17)24(28)29/h2-4,6-9,12-13,18-19H,5,10-11H2,1H3/t13-,18-,19-/m1/s1. The van der Waals surface area contributed by atoms with Gasteiger partial charge in [0.05, 0.1) is 28.0 Å². The third-order valence-electron chi connectivity index (χ3n) is 5.79. The number of hydrogen-bond acceptors (Lipinski definition) is 6. The number of hydrogen-bond donors (Lipinski definition) is 0. The molecule has 1 aliphatic heterocycles. The number of fused-ring (bicyclic) bond motifs is 1. The fourth-order valence-corrected chi connectivity index (χ4v) is 4.22. The normalized spacial score (nSPS) is 23.2. The van der Waals surface area contributed by atoms with Crippen LogP contribution in [0.1, 0.15) is 36.5 Å². The Kier molecular flexibility index (Phi) is 5.07. The quantitative estimate of drug-likeness (QED) is 0.251. The lowest BCUT2D eigenvalue weighted by atomic mass is 9.76. The van der Waals surface area contributed by atoms with Crippen molar-refractivity contribution in [3.8, 4) is 5.75 Å². The number of non-ortho nitro benzene ring substituents is 1. The van der Waals surface area contributed by atoms with Crippen LogP contribution in [-0.4, -0.2) is 22.7 Å². The molecule has 2 amide bonds. The summed E-state index contributed by atoms with van der Waals surface area (Å²) in [4.78, 5) is 49.6. The molecule has 1 saturated carbocycles. The maximum absolute atomic E-state index is 12.9. The summed E-state index contributed by atoms with van der Waals surface area (Å²) in [5.41, 5.74) is 0.415. The lowest BCUT2D eigenvalue weighted by molar-refractivity contribution is -0.384. The van der Waals surface area contributed by atoms with E-state index in [0.29, 0.717) is 24.4 Å². The van der Waals surface area contributed by atoms with Crippen molar-refractivity contribution in [3.05, 3.63) is 64.2 Å². The summed E-state index contributed by atoms with van der Waals surface area (Å²) in [6.07, 6.45) is 2.33. The van der Waals surface area contributed by atoms with Gasteiger partial charge in [-0.1, -0.05) is 13.0 Å². The van der Waals surface area contributed by atoms with Crippen LogP contribution >= 0.6 is 0 Å². The number of nitro benzene ring substituents is 1. The minimum Gasteiger partial charge on any atom is -0.423 e. The molecular formula is C22H20N2O6. The zero-order valence-electron chi connectivity index (χ0n) is 16.3. The molecule has 2 aromatic rings. The highest BCUT2D eigenvalue weighted by molar-refractivity contribution is 6.22. The first-order valence-corrected chi connectivity index (χ1v) is 9.79. The van der Waals surface area contributed by atoms with Gasteiger partial charge in [-0.3, -0.25) is 24.6 Å². The summed E-state index contributed by atoms with van der Waals surface area (Å²) in [6, 6.07) is 11.3. The SMILES string of the molecule is C[C@@H]1CC[C@H]2C(=O)N(c3cccc(C(=O)Oc4ccc([N+](=O)[O-])cc4)c3)C(=O)[C@@H]2C1. The van der Waals surface area contributed by atoms with Crippen molar-refractivity contribution >= 4 is 29.2 Å². The predicted molar refractivity (Wildman–Crippen MR) is 107 cm³/mol. The van der Waals surface area contributed by atoms with Crippen molar-refractivity contribution < 1.29 is 24.0 Å². The molecule has 30 heavy (non-hydrogen) atoms. The Morgan fingerprint density at radius 2 is 1.77 bits per heavy atom. The van der Waals surface area contributed by atoms with Gasteiger partial charge in [0.25, 0.3) is 5.69 Å². The van der Waals surface area contributed by atoms with Crippen LogP contribution in [0.15, 0.2) is 48.5 Å². The first-order valence-electron chi connectivity index (χ1n) is 9.79. The molecule has 1 aliphatic carbocycles. The van der Waals surface area contributed by atoms with Gasteiger partial charge in [0.1, 0.15) is 5.75 Å². The molecule has 0 aromatic heterocycles. The van der Waals surface area contributed by atoms with Gasteiger partial charge < -0.3 is 4.74 Å². The highest BCUT2D eigenvalue weighted by atomic mass is 16.6. The number of anilines is 1. The number of ether oxygens (including phenoxy) is 1. The highest BCUT2D eigenvalue weighted by Crippen LogP contribution is 2.42. The van der Waals surface area contributed by atoms with Crippen molar-refractivity contribution in [2.24, 2.45) is 17.8 Å². The van der Waals surface area contributed by atoms with Crippen LogP contribution in [0.5, 0.6) is 5.75 Å². The average molecular weight is 408 g/mol. The lowest BCUT2D eigenvalue weighted by Crippen LogP contribution is -2.31. The third-order valence-corrected chi connectivity index (χ3v) is 5.79. The van der Waals surface area contributed by atoms with Gasteiger partial charge in [0, 0.05) is 12.1 Å². The summed E-state index contributed by atoms with van der Waals surface area (Å²) in [5.74, 6) is -1.12. The summed E-state index contributed by atoms with van der Waals surface area (Å²) in [7, 11) is 0. The molecule has 8 nitrogen and oxygen atoms in total. The first kappa shape index (κ1) is 19.8. The summed E-state index contributed by atoms with van der Waals surface area (Å²) in [6.45, 7) is 2.09. The maximum Gasteiger partial charge on any atom is 0.343 e. The minimum absolute atomic E-state index is 0.112. The Morgan fingerprint density at radius 1 is 1.07 bits per heavy atom. The number of nitrogens with zero attached hydrogens (tertiary/aromatic N) is 2. The van der Waals surface area contributed by atoms with Gasteiger partial charge in [-0.25, -0.2) is 4.79 Å². The summed E-state index contributed by atoms with van der Waals surface area (Å²) < 4.78 is 5.27. The topological polar surface area (TPSA) is 107 Å². The second-order valence-electron chi connectivity index (χ2n) is 7.83. The fourth-order valence-electron chi connectivity index (χ4n) is 4.22. The molecular weight excluding hydrogens is 388 g/mol. The smallest absolute Gasteiger partial charge is 0.343 e. The van der Waals surface area contributed by atoms with E-state index >= 15 is 0 Å². The van der Waals surface area contributed by atoms with Crippen LogP contribution in [-0.2, 0) is 9.59 Å². The average Bonchev–Trinajstić information content (AvgIpc) is 2.98. The van der Waals surface area contributed by atoms with Gasteiger partial charge >= 0.3 is 5.97 Å². The highest BCUT2D eigenvalue weighted by Gasteiger charge is 2.50. The third kappa shape index (κ3) is 3.56. The molecule has 2 aromatic carbocycles. The van der Waals surface area contributed by atoms with Crippen molar-refractivity contribution in [2.45, 2.75) is 26.2 Å². The van der Waals surface area contributed by atoms with Crippen LogP contribution in [0.2, 0.25) is 0 Å². The van der Waals surface area contributed by atoms with E-state index in [1.165, 1.54) is 41.3 Å². The molecule has 2 fully saturated rings. The number of benzene rings is 2. The number of rotatable bonds is 4. The summed E-state index contributed by atoms with van der Waals surface area (Å²) in [5, 5.41) is 10.7. The Bertz CT molecular complexity index is 1030. The van der Waals surface area contributed by atoms with Gasteiger partial charge in [-0.15, -0.1) is 0 Å². The Balaban J connectivity index is 1.54. The zero-order chi connectivity index (χ0) is 21.4. The predicted octanol–water partition coefficient (Wildman–Crippen LogP) is 3.74. The monoisotopic (exact) mass is 408 g/mol. The van der Waals surface area contributed by atoms with Gasteiger partial charge in [-0.05, 0) is 55.5 Å². The van der Waals surface area contributed by atoms with E-state index in [2.05, 4.69) is 6.92 Å². The van der Waals surface area contributed by atoms with E-state index in [1.54, 1.807) is 12.1 Å². The van der Waals surface area contributed by atoms with Crippen LogP contribution in [0.3, 0.4) is 0 Å². The van der Waals surface area contributed by atoms with Crippen molar-refractivity contribution in [3.63, 3.8) is 0 Å².